The summed E-state index contributed by atoms with van der Waals surface area (Å²) in [5.41, 5.74) is 4.93. The van der Waals surface area contributed by atoms with Crippen LogP contribution < -0.4 is 5.73 Å². The lowest BCUT2D eigenvalue weighted by molar-refractivity contribution is 1.34. The summed E-state index contributed by atoms with van der Waals surface area (Å²) >= 11 is 4.38. The van der Waals surface area contributed by atoms with Crippen LogP contribution in [0.15, 0.2) is 0 Å². The molecule has 0 spiro atoms. The van der Waals surface area contributed by atoms with Crippen molar-refractivity contribution in [1.82, 2.24) is 0 Å². The van der Waals surface area contributed by atoms with Gasteiger partial charge in [-0.3, -0.25) is 0 Å². The van der Waals surface area contributed by atoms with Crippen LogP contribution in [-0.4, -0.2) is 11.5 Å². The molecule has 2 nitrogen and oxygen atoms in total. The average Bonchev–Trinajstić information content (AvgIpc) is 1.65. The molecule has 3 heteroatoms. The molecular formula is C3H4N2S. The summed E-state index contributed by atoms with van der Waals surface area (Å²) in [4.78, 5) is 3.11. The van der Waals surface area contributed by atoms with Crippen molar-refractivity contribution in [2.45, 2.75) is 0 Å². The van der Waals surface area contributed by atoms with E-state index in [1.165, 1.54) is 0 Å². The second kappa shape index (κ2) is 2.76. The number of nitrogens with two attached hydrogens (primary N) is 1. The van der Waals surface area contributed by atoms with Crippen molar-refractivity contribution in [3.63, 3.8) is 0 Å². The minimum Gasteiger partial charge on any atom is -0.335 e. The van der Waals surface area contributed by atoms with Crippen molar-refractivity contribution in [2.75, 3.05) is 6.54 Å². The Morgan fingerprint density at radius 3 is 2.50 bits per heavy atom. The van der Waals surface area contributed by atoms with Crippen molar-refractivity contribution in [2.24, 2.45) is 5.73 Å². The van der Waals surface area contributed by atoms with E-state index in [-0.39, 0.29) is 11.5 Å². The number of thiocarbonyl (C=S) groups is 1. The maximum atomic E-state index is 6.21. The van der Waals surface area contributed by atoms with Crippen LogP contribution in [0.2, 0.25) is 0 Å². The van der Waals surface area contributed by atoms with Gasteiger partial charge in [-0.2, -0.15) is 0 Å². The zero-order valence-corrected chi connectivity index (χ0v) is 3.96. The molecule has 0 aliphatic heterocycles. The standard InChI is InChI=1S/C3H4N2S/c1-5-3(6)2-4/h2,4H2. The molecule has 0 bridgehead atoms. The first-order chi connectivity index (χ1) is 2.81. The molecule has 0 saturated carbocycles. The molecule has 6 heavy (non-hydrogen) atoms. The van der Waals surface area contributed by atoms with Crippen molar-refractivity contribution in [3.05, 3.63) is 11.4 Å². The molecule has 0 aromatic heterocycles. The lowest BCUT2D eigenvalue weighted by Crippen LogP contribution is -2.05. The molecule has 0 atom stereocenters. The predicted molar refractivity (Wildman–Crippen MR) is 28.3 cm³/mol. The van der Waals surface area contributed by atoms with Crippen LogP contribution in [0.25, 0.3) is 4.85 Å². The van der Waals surface area contributed by atoms with Gasteiger partial charge in [-0.1, -0.05) is 0 Å². The van der Waals surface area contributed by atoms with Gasteiger partial charge in [0.05, 0.1) is 6.57 Å². The van der Waals surface area contributed by atoms with E-state index in [9.17, 15) is 0 Å². The maximum Gasteiger partial charge on any atom is 0.240 e. The summed E-state index contributed by atoms with van der Waals surface area (Å²) in [6, 6.07) is 0. The van der Waals surface area contributed by atoms with Gasteiger partial charge in [-0.05, 0) is 0 Å². The first-order valence-corrected chi connectivity index (χ1v) is 1.82. The number of nitrogens with zero attached hydrogens (tertiary/aromatic N) is 1. The third-order valence-corrected chi connectivity index (χ3v) is 0.557. The predicted octanol–water partition coefficient (Wildman–Crippen LogP) is 0.192. The van der Waals surface area contributed by atoms with Gasteiger partial charge >= 0.3 is 0 Å². The van der Waals surface area contributed by atoms with Crippen LogP contribution in [0.5, 0.6) is 0 Å². The van der Waals surface area contributed by atoms with Gasteiger partial charge in [0.2, 0.25) is 4.99 Å². The van der Waals surface area contributed by atoms with Crippen molar-refractivity contribution < 1.29 is 0 Å². The van der Waals surface area contributed by atoms with Crippen LogP contribution in [-0.2, 0) is 0 Å². The fourth-order valence-electron chi connectivity index (χ4n) is 0.0456. The highest BCUT2D eigenvalue weighted by molar-refractivity contribution is 7.80. The van der Waals surface area contributed by atoms with Crippen molar-refractivity contribution in [3.8, 4) is 0 Å². The summed E-state index contributed by atoms with van der Waals surface area (Å²) < 4.78 is 0. The molecule has 0 heterocycles. The van der Waals surface area contributed by atoms with E-state index in [0.717, 1.165) is 0 Å². The molecule has 0 radical (unpaired) electrons. The van der Waals surface area contributed by atoms with Gasteiger partial charge < -0.3 is 5.73 Å². The second-order valence-electron chi connectivity index (χ2n) is 0.710. The maximum absolute atomic E-state index is 6.21. The van der Waals surface area contributed by atoms with E-state index >= 15 is 0 Å². The minimum absolute atomic E-state index is 0.207. The minimum atomic E-state index is 0.207. The summed E-state index contributed by atoms with van der Waals surface area (Å²) in [5, 5.41) is 0. The van der Waals surface area contributed by atoms with E-state index in [4.69, 9.17) is 12.3 Å². The number of rotatable bonds is 1. The third-order valence-electron chi connectivity index (χ3n) is 0.299. The lowest BCUT2D eigenvalue weighted by atomic mass is 10.7. The van der Waals surface area contributed by atoms with Crippen molar-refractivity contribution >= 4 is 17.2 Å². The highest BCUT2D eigenvalue weighted by Gasteiger charge is 1.81. The first-order valence-electron chi connectivity index (χ1n) is 1.41. The Balaban J connectivity index is 3.33. The van der Waals surface area contributed by atoms with Crippen molar-refractivity contribution in [1.29, 1.82) is 0 Å². The molecule has 0 saturated heterocycles. The molecule has 0 aliphatic rings. The molecule has 0 fully saturated rings. The van der Waals surface area contributed by atoms with Gasteiger partial charge in [0.25, 0.3) is 0 Å². The normalized spacial score (nSPS) is 6.67. The van der Waals surface area contributed by atoms with Crippen LogP contribution in [0.1, 0.15) is 0 Å². The molecule has 0 aliphatic carbocycles. The fourth-order valence-corrected chi connectivity index (χ4v) is 0.0456. The van der Waals surface area contributed by atoms with Crippen LogP contribution in [0.4, 0.5) is 0 Å². The lowest BCUT2D eigenvalue weighted by Gasteiger charge is -1.74. The van der Waals surface area contributed by atoms with E-state index in [1.54, 1.807) is 0 Å². The monoisotopic (exact) mass is 100 g/mol. The number of hydrogen-bond acceptors (Lipinski definition) is 2. The van der Waals surface area contributed by atoms with E-state index < -0.39 is 0 Å². The Hall–Kier alpha value is -0.460. The van der Waals surface area contributed by atoms with E-state index in [2.05, 4.69) is 17.1 Å². The van der Waals surface area contributed by atoms with E-state index in [0.29, 0.717) is 0 Å². The largest absolute Gasteiger partial charge is 0.335 e. The molecule has 0 unspecified atom stereocenters. The Bertz CT molecular complexity index is 91.5. The van der Waals surface area contributed by atoms with Gasteiger partial charge in [-0.25, -0.2) is 4.85 Å². The Labute approximate surface area is 41.8 Å². The summed E-state index contributed by atoms with van der Waals surface area (Å²) in [6.45, 7) is 6.42. The fraction of sp³-hybridized carbons (Fsp3) is 0.333. The van der Waals surface area contributed by atoms with Gasteiger partial charge in [0.1, 0.15) is 0 Å². The first kappa shape index (κ1) is 5.54. The summed E-state index contributed by atoms with van der Waals surface area (Å²) in [5.74, 6) is 0. The van der Waals surface area contributed by atoms with Crippen LogP contribution in [0.3, 0.4) is 0 Å². The summed E-state index contributed by atoms with van der Waals surface area (Å²) in [7, 11) is 0. The topological polar surface area (TPSA) is 30.4 Å². The van der Waals surface area contributed by atoms with Gasteiger partial charge in [0.15, 0.2) is 0 Å². The summed E-state index contributed by atoms with van der Waals surface area (Å²) in [6.07, 6.45) is 0. The van der Waals surface area contributed by atoms with Crippen LogP contribution in [0, 0.1) is 6.57 Å². The molecule has 0 rings (SSSR count). The highest BCUT2D eigenvalue weighted by atomic mass is 32.1. The SMILES string of the molecule is [C-]#[N+]C(=S)CN. The quantitative estimate of drug-likeness (QED) is 0.376. The Kier molecular flexibility index (Phi) is 2.55. The Morgan fingerprint density at radius 1 is 2.00 bits per heavy atom. The smallest absolute Gasteiger partial charge is 0.240 e. The number of hydrogen-bond donors (Lipinski definition) is 1. The van der Waals surface area contributed by atoms with Gasteiger partial charge in [0, 0.05) is 6.54 Å². The van der Waals surface area contributed by atoms with E-state index in [1.807, 2.05) is 0 Å². The van der Waals surface area contributed by atoms with Gasteiger partial charge in [-0.15, -0.1) is 12.2 Å². The highest BCUT2D eigenvalue weighted by Crippen LogP contribution is 1.69. The zero-order valence-electron chi connectivity index (χ0n) is 3.14. The molecule has 32 valence electrons. The molecular weight excluding hydrogens is 96.1 g/mol. The average molecular weight is 100 g/mol. The molecule has 0 aromatic rings. The molecule has 0 aromatic carbocycles. The third kappa shape index (κ3) is 1.82. The van der Waals surface area contributed by atoms with Crippen LogP contribution >= 0.6 is 12.2 Å². The zero-order chi connectivity index (χ0) is 4.99. The molecule has 2 N–H and O–H groups in total. The second-order valence-corrected chi connectivity index (χ2v) is 1.18. The Morgan fingerprint density at radius 2 is 2.50 bits per heavy atom. The molecule has 0 amide bonds.